The lowest BCUT2D eigenvalue weighted by molar-refractivity contribution is 0.305. The average molecular weight is 256 g/mol. The molecule has 1 aromatic heterocycles. The van der Waals surface area contributed by atoms with Crippen molar-refractivity contribution in [3.05, 3.63) is 59.4 Å². The third kappa shape index (κ3) is 3.80. The number of nitrogens with zero attached hydrogens (tertiary/aromatic N) is 1. The van der Waals surface area contributed by atoms with Crippen LogP contribution < -0.4 is 10.1 Å². The molecule has 0 aliphatic heterocycles. The van der Waals surface area contributed by atoms with Crippen molar-refractivity contribution < 1.29 is 4.74 Å². The summed E-state index contributed by atoms with van der Waals surface area (Å²) in [5.41, 5.74) is 3.50. The van der Waals surface area contributed by atoms with E-state index in [-0.39, 0.29) is 0 Å². The van der Waals surface area contributed by atoms with E-state index in [2.05, 4.69) is 35.4 Å². The van der Waals surface area contributed by atoms with Crippen LogP contribution in [0.4, 0.5) is 0 Å². The summed E-state index contributed by atoms with van der Waals surface area (Å²) in [6.45, 7) is 4.72. The summed E-state index contributed by atoms with van der Waals surface area (Å²) < 4.78 is 5.76. The largest absolute Gasteiger partial charge is 0.489 e. The Bertz CT molecular complexity index is 523. The summed E-state index contributed by atoms with van der Waals surface area (Å²) in [4.78, 5) is 4.16. The lowest BCUT2D eigenvalue weighted by Gasteiger charge is -2.12. The minimum atomic E-state index is 0.357. The minimum absolute atomic E-state index is 0.357. The number of nitrogens with one attached hydrogen (secondary N) is 1. The Kier molecular flexibility index (Phi) is 4.53. The Morgan fingerprint density at radius 3 is 2.58 bits per heavy atom. The molecular weight excluding hydrogens is 236 g/mol. The predicted octanol–water partition coefficient (Wildman–Crippen LogP) is 3.25. The van der Waals surface area contributed by atoms with Crippen LogP contribution in [0.3, 0.4) is 0 Å². The van der Waals surface area contributed by atoms with E-state index in [9.17, 15) is 0 Å². The van der Waals surface area contributed by atoms with Crippen LogP contribution in [-0.4, -0.2) is 12.0 Å². The molecule has 2 rings (SSSR count). The first-order valence-corrected chi connectivity index (χ1v) is 6.49. The highest BCUT2D eigenvalue weighted by Gasteiger charge is 2.02. The van der Waals surface area contributed by atoms with Crippen molar-refractivity contribution in [2.75, 3.05) is 7.05 Å². The van der Waals surface area contributed by atoms with E-state index in [1.54, 1.807) is 0 Å². The third-order valence-electron chi connectivity index (χ3n) is 3.15. The number of hydrogen-bond acceptors (Lipinski definition) is 3. The molecule has 0 amide bonds. The first-order chi connectivity index (χ1) is 9.19. The number of ether oxygens (including phenoxy) is 1. The molecule has 1 heterocycles. The van der Waals surface area contributed by atoms with Crippen LogP contribution in [0.15, 0.2) is 42.7 Å². The first kappa shape index (κ1) is 13.6. The molecule has 0 saturated heterocycles. The first-order valence-electron chi connectivity index (χ1n) is 6.49. The van der Waals surface area contributed by atoms with Gasteiger partial charge in [-0.3, -0.25) is 4.98 Å². The van der Waals surface area contributed by atoms with Gasteiger partial charge in [-0.05, 0) is 50.2 Å². The molecule has 0 aliphatic rings. The maximum absolute atomic E-state index is 5.76. The summed E-state index contributed by atoms with van der Waals surface area (Å²) in [7, 11) is 1.96. The van der Waals surface area contributed by atoms with Crippen molar-refractivity contribution in [3.8, 4) is 5.75 Å². The quantitative estimate of drug-likeness (QED) is 0.891. The van der Waals surface area contributed by atoms with E-state index in [1.807, 2.05) is 38.5 Å². The van der Waals surface area contributed by atoms with Crippen LogP contribution in [0.2, 0.25) is 0 Å². The number of pyridine rings is 1. The Morgan fingerprint density at radius 2 is 1.95 bits per heavy atom. The van der Waals surface area contributed by atoms with Gasteiger partial charge in [0.1, 0.15) is 12.4 Å². The van der Waals surface area contributed by atoms with Crippen LogP contribution in [0.1, 0.15) is 29.7 Å². The van der Waals surface area contributed by atoms with Gasteiger partial charge in [0.05, 0.1) is 0 Å². The standard InChI is InChI=1S/C16H20N2O/c1-12-8-14(10-18-9-12)11-19-16-6-4-15(5-7-16)13(2)17-3/h4-10,13,17H,11H2,1-3H3. The molecule has 0 radical (unpaired) electrons. The van der Waals surface area contributed by atoms with E-state index in [0.29, 0.717) is 12.6 Å². The van der Waals surface area contributed by atoms with Gasteiger partial charge in [0.2, 0.25) is 0 Å². The molecule has 1 unspecified atom stereocenters. The number of rotatable bonds is 5. The molecule has 19 heavy (non-hydrogen) atoms. The van der Waals surface area contributed by atoms with E-state index in [1.165, 1.54) is 5.56 Å². The van der Waals surface area contributed by atoms with Gasteiger partial charge >= 0.3 is 0 Å². The molecule has 0 aliphatic carbocycles. The summed E-state index contributed by atoms with van der Waals surface area (Å²) in [5.74, 6) is 0.883. The molecule has 2 aromatic rings. The van der Waals surface area contributed by atoms with Gasteiger partial charge in [0.25, 0.3) is 0 Å². The van der Waals surface area contributed by atoms with Gasteiger partial charge in [0.15, 0.2) is 0 Å². The van der Waals surface area contributed by atoms with Crippen molar-refractivity contribution in [1.82, 2.24) is 10.3 Å². The Hall–Kier alpha value is -1.87. The van der Waals surface area contributed by atoms with Gasteiger partial charge in [-0.2, -0.15) is 0 Å². The van der Waals surface area contributed by atoms with Crippen LogP contribution in [0.5, 0.6) is 5.75 Å². The summed E-state index contributed by atoms with van der Waals surface area (Å²) >= 11 is 0. The van der Waals surface area contributed by atoms with Crippen molar-refractivity contribution >= 4 is 0 Å². The number of aryl methyl sites for hydroxylation is 1. The third-order valence-corrected chi connectivity index (χ3v) is 3.15. The number of benzene rings is 1. The molecular formula is C16H20N2O. The second-order valence-electron chi connectivity index (χ2n) is 4.74. The van der Waals surface area contributed by atoms with Crippen molar-refractivity contribution in [3.63, 3.8) is 0 Å². The van der Waals surface area contributed by atoms with Crippen LogP contribution >= 0.6 is 0 Å². The lowest BCUT2D eigenvalue weighted by atomic mass is 10.1. The van der Waals surface area contributed by atoms with Crippen molar-refractivity contribution in [1.29, 1.82) is 0 Å². The number of hydrogen-bond donors (Lipinski definition) is 1. The average Bonchev–Trinajstić information content (AvgIpc) is 2.45. The maximum Gasteiger partial charge on any atom is 0.119 e. The summed E-state index contributed by atoms with van der Waals surface area (Å²) in [6, 6.07) is 10.6. The highest BCUT2D eigenvalue weighted by atomic mass is 16.5. The SMILES string of the molecule is CNC(C)c1ccc(OCc2cncc(C)c2)cc1. The van der Waals surface area contributed by atoms with Crippen molar-refractivity contribution in [2.45, 2.75) is 26.5 Å². The number of aromatic nitrogens is 1. The monoisotopic (exact) mass is 256 g/mol. The molecule has 0 spiro atoms. The van der Waals surface area contributed by atoms with Gasteiger partial charge in [0, 0.05) is 24.0 Å². The fraction of sp³-hybridized carbons (Fsp3) is 0.312. The zero-order valence-electron chi connectivity index (χ0n) is 11.7. The van der Waals surface area contributed by atoms with Gasteiger partial charge in [-0.15, -0.1) is 0 Å². The Morgan fingerprint density at radius 1 is 1.21 bits per heavy atom. The van der Waals surface area contributed by atoms with Gasteiger partial charge in [-0.25, -0.2) is 0 Å². The van der Waals surface area contributed by atoms with E-state index in [4.69, 9.17) is 4.74 Å². The lowest BCUT2D eigenvalue weighted by Crippen LogP contribution is -2.11. The fourth-order valence-corrected chi connectivity index (χ4v) is 1.88. The zero-order valence-corrected chi connectivity index (χ0v) is 11.7. The topological polar surface area (TPSA) is 34.1 Å². The fourth-order valence-electron chi connectivity index (χ4n) is 1.88. The molecule has 1 atom stereocenters. The van der Waals surface area contributed by atoms with Gasteiger partial charge in [-0.1, -0.05) is 12.1 Å². The zero-order chi connectivity index (χ0) is 13.7. The molecule has 0 bridgehead atoms. The molecule has 100 valence electrons. The minimum Gasteiger partial charge on any atom is -0.489 e. The Balaban J connectivity index is 1.96. The second kappa shape index (κ2) is 6.34. The van der Waals surface area contributed by atoms with E-state index < -0.39 is 0 Å². The normalized spacial score (nSPS) is 12.2. The smallest absolute Gasteiger partial charge is 0.119 e. The van der Waals surface area contributed by atoms with Gasteiger partial charge < -0.3 is 10.1 Å². The van der Waals surface area contributed by atoms with Crippen molar-refractivity contribution in [2.24, 2.45) is 0 Å². The predicted molar refractivity (Wildman–Crippen MR) is 77.2 cm³/mol. The van der Waals surface area contributed by atoms with Crippen LogP contribution in [-0.2, 0) is 6.61 Å². The summed E-state index contributed by atoms with van der Waals surface area (Å²) in [5, 5.41) is 3.22. The highest BCUT2D eigenvalue weighted by molar-refractivity contribution is 5.29. The maximum atomic E-state index is 5.76. The van der Waals surface area contributed by atoms with Crippen LogP contribution in [0.25, 0.3) is 0 Å². The van der Waals surface area contributed by atoms with E-state index in [0.717, 1.165) is 16.9 Å². The molecule has 0 saturated carbocycles. The molecule has 1 aromatic carbocycles. The molecule has 0 fully saturated rings. The van der Waals surface area contributed by atoms with Crippen LogP contribution in [0, 0.1) is 6.92 Å². The molecule has 1 N–H and O–H groups in total. The highest BCUT2D eigenvalue weighted by Crippen LogP contribution is 2.18. The Labute approximate surface area is 114 Å². The summed E-state index contributed by atoms with van der Waals surface area (Å²) in [6.07, 6.45) is 3.68. The molecule has 3 heteroatoms. The molecule has 3 nitrogen and oxygen atoms in total. The second-order valence-corrected chi connectivity index (χ2v) is 4.74. The van der Waals surface area contributed by atoms with E-state index >= 15 is 0 Å².